The highest BCUT2D eigenvalue weighted by molar-refractivity contribution is 9.10. The summed E-state index contributed by atoms with van der Waals surface area (Å²) in [5.74, 6) is 0. The van der Waals surface area contributed by atoms with E-state index in [4.69, 9.17) is 0 Å². The highest BCUT2D eigenvalue weighted by atomic mass is 79.9. The molecule has 1 aromatic heterocycles. The molecule has 0 atom stereocenters. The van der Waals surface area contributed by atoms with E-state index in [0.29, 0.717) is 0 Å². The van der Waals surface area contributed by atoms with Crippen LogP contribution >= 0.6 is 15.9 Å². The van der Waals surface area contributed by atoms with Crippen LogP contribution in [0.2, 0.25) is 0 Å². The number of halogens is 1. The maximum atomic E-state index is 3.67. The number of fused-ring (bicyclic) bond motifs is 3. The fraction of sp³-hybridized carbons (Fsp3) is 0.304. The van der Waals surface area contributed by atoms with Crippen molar-refractivity contribution in [2.75, 3.05) is 6.54 Å². The Morgan fingerprint density at radius 2 is 1.81 bits per heavy atom. The number of aromatic nitrogens is 1. The van der Waals surface area contributed by atoms with Crippen molar-refractivity contribution in [2.24, 2.45) is 0 Å². The van der Waals surface area contributed by atoms with Gasteiger partial charge >= 0.3 is 0 Å². The number of aromatic amines is 1. The molecule has 2 nitrogen and oxygen atoms in total. The van der Waals surface area contributed by atoms with Crippen molar-refractivity contribution in [3.63, 3.8) is 0 Å². The van der Waals surface area contributed by atoms with Crippen LogP contribution in [0.5, 0.6) is 0 Å². The third-order valence-corrected chi connectivity index (χ3v) is 5.50. The lowest BCUT2D eigenvalue weighted by Crippen LogP contribution is -2.22. The summed E-state index contributed by atoms with van der Waals surface area (Å²) in [6, 6.07) is 17.3. The number of nitrogens with zero attached hydrogens (tertiary/aromatic N) is 1. The van der Waals surface area contributed by atoms with Gasteiger partial charge in [-0.2, -0.15) is 0 Å². The number of nitrogens with one attached hydrogen (secondary N) is 1. The van der Waals surface area contributed by atoms with E-state index in [9.17, 15) is 0 Å². The maximum Gasteiger partial charge on any atom is 0.0603 e. The highest BCUT2D eigenvalue weighted by Crippen LogP contribution is 2.31. The lowest BCUT2D eigenvalue weighted by Gasteiger charge is -2.20. The quantitative estimate of drug-likeness (QED) is 0.480. The summed E-state index contributed by atoms with van der Waals surface area (Å²) in [7, 11) is 0. The molecule has 0 fully saturated rings. The van der Waals surface area contributed by atoms with Gasteiger partial charge in [-0.05, 0) is 66.4 Å². The Kier molecular flexibility index (Phi) is 6.70. The van der Waals surface area contributed by atoms with Gasteiger partial charge in [-0.15, -0.1) is 0 Å². The largest absolute Gasteiger partial charge is 0.357 e. The summed E-state index contributed by atoms with van der Waals surface area (Å²) < 4.78 is 1.16. The van der Waals surface area contributed by atoms with Crippen LogP contribution in [0, 0.1) is 0 Å². The molecule has 136 valence electrons. The van der Waals surface area contributed by atoms with Gasteiger partial charge in [0.2, 0.25) is 0 Å². The van der Waals surface area contributed by atoms with Crippen LogP contribution in [0.3, 0.4) is 0 Å². The van der Waals surface area contributed by atoms with Gasteiger partial charge < -0.3 is 4.98 Å². The first-order valence-electron chi connectivity index (χ1n) is 9.34. The highest BCUT2D eigenvalue weighted by Gasteiger charge is 2.19. The molecule has 0 aliphatic carbocycles. The minimum atomic E-state index is 1.03. The van der Waals surface area contributed by atoms with E-state index in [2.05, 4.69) is 74.3 Å². The number of aryl methyl sites for hydroxylation is 1. The fourth-order valence-electron chi connectivity index (χ4n) is 3.44. The lowest BCUT2D eigenvalue weighted by molar-refractivity contribution is 0.262. The van der Waals surface area contributed by atoms with E-state index in [-0.39, 0.29) is 0 Å². The minimum Gasteiger partial charge on any atom is -0.357 e. The maximum absolute atomic E-state index is 3.67. The molecule has 3 heteroatoms. The first kappa shape index (κ1) is 18.9. The van der Waals surface area contributed by atoms with Crippen molar-refractivity contribution in [1.29, 1.82) is 0 Å². The SMILES string of the molecule is Brc1cccc2c3c([nH]c12)CCCN(Cc1ccccc1)C3.C/C=C\C. The van der Waals surface area contributed by atoms with Crippen LogP contribution in [0.1, 0.15) is 37.1 Å². The van der Waals surface area contributed by atoms with Crippen molar-refractivity contribution in [3.8, 4) is 0 Å². The van der Waals surface area contributed by atoms with E-state index in [0.717, 1.165) is 30.5 Å². The summed E-state index contributed by atoms with van der Waals surface area (Å²) in [6.07, 6.45) is 6.35. The van der Waals surface area contributed by atoms with Crippen LogP contribution in [-0.2, 0) is 19.5 Å². The van der Waals surface area contributed by atoms with Crippen LogP contribution < -0.4 is 0 Å². The van der Waals surface area contributed by atoms with Gasteiger partial charge in [0.05, 0.1) is 5.52 Å². The van der Waals surface area contributed by atoms with Crippen molar-refractivity contribution in [2.45, 2.75) is 39.8 Å². The Hall–Kier alpha value is -1.84. The number of benzene rings is 2. The summed E-state index contributed by atoms with van der Waals surface area (Å²) in [5.41, 5.74) is 5.53. The molecule has 0 saturated carbocycles. The molecule has 1 aliphatic rings. The number of hydrogen-bond acceptors (Lipinski definition) is 1. The van der Waals surface area contributed by atoms with Gasteiger partial charge in [0.25, 0.3) is 0 Å². The summed E-state index contributed by atoms with van der Waals surface area (Å²) in [6.45, 7) is 7.22. The van der Waals surface area contributed by atoms with Gasteiger partial charge in [0.1, 0.15) is 0 Å². The molecule has 1 aliphatic heterocycles. The second kappa shape index (κ2) is 9.20. The average Bonchev–Trinajstić information content (AvgIpc) is 2.90. The smallest absolute Gasteiger partial charge is 0.0603 e. The van der Waals surface area contributed by atoms with E-state index in [1.165, 1.54) is 34.1 Å². The summed E-state index contributed by atoms with van der Waals surface area (Å²) >= 11 is 3.67. The molecule has 4 rings (SSSR count). The van der Waals surface area contributed by atoms with Crippen LogP contribution in [0.4, 0.5) is 0 Å². The van der Waals surface area contributed by atoms with Gasteiger partial charge in [-0.1, -0.05) is 54.6 Å². The zero-order chi connectivity index (χ0) is 18.4. The van der Waals surface area contributed by atoms with Gasteiger partial charge in [-0.3, -0.25) is 4.90 Å². The van der Waals surface area contributed by atoms with Crippen molar-refractivity contribution >= 4 is 26.8 Å². The summed E-state index contributed by atoms with van der Waals surface area (Å²) in [4.78, 5) is 6.20. The van der Waals surface area contributed by atoms with Gasteiger partial charge in [0, 0.05) is 28.6 Å². The first-order valence-corrected chi connectivity index (χ1v) is 10.1. The zero-order valence-electron chi connectivity index (χ0n) is 15.6. The van der Waals surface area contributed by atoms with E-state index < -0.39 is 0 Å². The standard InChI is InChI=1S/C19H19BrN2.C4H8/c20-17-9-4-8-15-16-13-22(12-14-6-2-1-3-7-14)11-5-10-18(16)21-19(15)17;1-3-4-2/h1-4,6-9,21H,5,10-13H2;3-4H,1-2H3/b;4-3-. The van der Waals surface area contributed by atoms with Crippen LogP contribution in [0.25, 0.3) is 10.9 Å². The Morgan fingerprint density at radius 3 is 2.54 bits per heavy atom. The molecule has 0 radical (unpaired) electrons. The normalized spacial score (nSPS) is 14.7. The van der Waals surface area contributed by atoms with Gasteiger partial charge in [0.15, 0.2) is 0 Å². The second-order valence-electron chi connectivity index (χ2n) is 6.71. The van der Waals surface area contributed by atoms with E-state index >= 15 is 0 Å². The third-order valence-electron chi connectivity index (χ3n) is 4.84. The minimum absolute atomic E-state index is 1.03. The molecule has 2 aromatic carbocycles. The molecule has 0 amide bonds. The van der Waals surface area contributed by atoms with Crippen molar-refractivity contribution in [1.82, 2.24) is 9.88 Å². The molecular formula is C23H27BrN2. The molecule has 1 N–H and O–H groups in total. The molecule has 26 heavy (non-hydrogen) atoms. The second-order valence-corrected chi connectivity index (χ2v) is 7.57. The Labute approximate surface area is 165 Å². The number of rotatable bonds is 2. The Balaban J connectivity index is 0.000000447. The average molecular weight is 411 g/mol. The van der Waals surface area contributed by atoms with Crippen LogP contribution in [0.15, 0.2) is 65.2 Å². The molecule has 3 aromatic rings. The van der Waals surface area contributed by atoms with E-state index in [1.54, 1.807) is 0 Å². The predicted octanol–water partition coefficient (Wildman–Crippen LogP) is 6.46. The predicted molar refractivity (Wildman–Crippen MR) is 115 cm³/mol. The summed E-state index contributed by atoms with van der Waals surface area (Å²) in [5, 5.41) is 1.37. The van der Waals surface area contributed by atoms with Crippen LogP contribution in [-0.4, -0.2) is 16.4 Å². The Bertz CT molecular complexity index is 861. The van der Waals surface area contributed by atoms with E-state index in [1.807, 2.05) is 26.0 Å². The van der Waals surface area contributed by atoms with Crippen molar-refractivity contribution in [3.05, 3.63) is 82.0 Å². The third kappa shape index (κ3) is 4.46. The fourth-order valence-corrected chi connectivity index (χ4v) is 3.91. The van der Waals surface area contributed by atoms with Crippen molar-refractivity contribution < 1.29 is 0 Å². The van der Waals surface area contributed by atoms with Gasteiger partial charge in [-0.25, -0.2) is 0 Å². The zero-order valence-corrected chi connectivity index (χ0v) is 17.2. The number of allylic oxidation sites excluding steroid dienone is 2. The molecular weight excluding hydrogens is 384 g/mol. The number of hydrogen-bond donors (Lipinski definition) is 1. The lowest BCUT2D eigenvalue weighted by atomic mass is 10.1. The number of para-hydroxylation sites is 1. The molecule has 0 unspecified atom stereocenters. The first-order chi connectivity index (χ1) is 12.7. The molecule has 0 bridgehead atoms. The molecule has 0 spiro atoms. The molecule has 0 saturated heterocycles. The molecule has 2 heterocycles. The Morgan fingerprint density at radius 1 is 1.04 bits per heavy atom. The number of H-pyrrole nitrogens is 1. The monoisotopic (exact) mass is 410 g/mol. The topological polar surface area (TPSA) is 19.0 Å².